The monoisotopic (exact) mass is 392 g/mol. The first kappa shape index (κ1) is 17.4. The summed E-state index contributed by atoms with van der Waals surface area (Å²) in [7, 11) is 1.39. The van der Waals surface area contributed by atoms with Crippen LogP contribution in [0.5, 0.6) is 0 Å². The zero-order chi connectivity index (χ0) is 19.6. The summed E-state index contributed by atoms with van der Waals surface area (Å²) >= 11 is 1.75. The van der Waals surface area contributed by atoms with Gasteiger partial charge < -0.3 is 9.64 Å². The Balaban J connectivity index is 1.88. The Hall–Kier alpha value is -2.73. The third kappa shape index (κ3) is 2.15. The molecule has 0 saturated heterocycles. The van der Waals surface area contributed by atoms with E-state index in [0.717, 1.165) is 0 Å². The second-order valence-electron chi connectivity index (χ2n) is 7.74. The number of esters is 1. The molecular formula is C22H20N2O3S. The van der Waals surface area contributed by atoms with E-state index >= 15 is 0 Å². The zero-order valence-electron chi connectivity index (χ0n) is 15.9. The van der Waals surface area contributed by atoms with Crippen molar-refractivity contribution in [3.8, 4) is 0 Å². The van der Waals surface area contributed by atoms with Gasteiger partial charge in [0.15, 0.2) is 0 Å². The number of methoxy groups -OCH3 is 1. The fourth-order valence-corrected chi connectivity index (χ4v) is 5.85. The van der Waals surface area contributed by atoms with Crippen LogP contribution in [0.2, 0.25) is 0 Å². The summed E-state index contributed by atoms with van der Waals surface area (Å²) < 4.78 is 6.94. The number of ether oxygens (including phenoxy) is 1. The van der Waals surface area contributed by atoms with Crippen LogP contribution in [0.3, 0.4) is 0 Å². The number of pyridine rings is 1. The normalized spacial score (nSPS) is 19.1. The number of aromatic nitrogens is 1. The van der Waals surface area contributed by atoms with E-state index in [0.29, 0.717) is 28.7 Å². The van der Waals surface area contributed by atoms with Gasteiger partial charge in [0.2, 0.25) is 0 Å². The van der Waals surface area contributed by atoms with E-state index < -0.39 is 11.5 Å². The molecule has 0 fully saturated rings. The van der Waals surface area contributed by atoms with Crippen LogP contribution in [-0.2, 0) is 16.8 Å². The number of anilines is 1. The number of nitrogens with zero attached hydrogens (tertiary/aromatic N) is 2. The maximum Gasteiger partial charge on any atom is 0.342 e. The molecule has 0 radical (unpaired) electrons. The molecule has 0 saturated carbocycles. The Bertz CT molecular complexity index is 1200. The number of hydrogen-bond acceptors (Lipinski definition) is 5. The number of rotatable bonds is 1. The van der Waals surface area contributed by atoms with Gasteiger partial charge in [0, 0.05) is 22.2 Å². The number of carbonyl (C=O) groups excluding carboxylic acids is 1. The van der Waals surface area contributed by atoms with Gasteiger partial charge in [-0.2, -0.15) is 0 Å². The molecule has 142 valence electrons. The molecule has 2 aliphatic heterocycles. The fourth-order valence-electron chi connectivity index (χ4n) is 4.47. The molecule has 28 heavy (non-hydrogen) atoms. The Labute approximate surface area is 166 Å². The van der Waals surface area contributed by atoms with Crippen molar-refractivity contribution in [2.24, 2.45) is 0 Å². The van der Waals surface area contributed by atoms with Gasteiger partial charge >= 0.3 is 5.97 Å². The molecule has 2 aromatic carbocycles. The summed E-state index contributed by atoms with van der Waals surface area (Å²) in [4.78, 5) is 29.8. The van der Waals surface area contributed by atoms with E-state index in [1.54, 1.807) is 22.4 Å². The topological polar surface area (TPSA) is 51.5 Å². The van der Waals surface area contributed by atoms with Gasteiger partial charge in [-0.05, 0) is 31.5 Å². The summed E-state index contributed by atoms with van der Waals surface area (Å²) in [6.07, 6.45) is 0. The van der Waals surface area contributed by atoms with Gasteiger partial charge in [0.25, 0.3) is 5.56 Å². The molecule has 0 aliphatic carbocycles. The number of thioether (sulfide) groups is 1. The van der Waals surface area contributed by atoms with Gasteiger partial charge in [0.05, 0.1) is 12.6 Å². The fraction of sp³-hybridized carbons (Fsp3) is 0.273. The van der Waals surface area contributed by atoms with Gasteiger partial charge in [-0.25, -0.2) is 4.79 Å². The van der Waals surface area contributed by atoms with Gasteiger partial charge in [-0.1, -0.05) is 48.2 Å². The number of fused-ring (bicyclic) bond motifs is 5. The summed E-state index contributed by atoms with van der Waals surface area (Å²) in [5.41, 5.74) is 1.11. The lowest BCUT2D eigenvalue weighted by Crippen LogP contribution is -2.44. The lowest BCUT2D eigenvalue weighted by molar-refractivity contribution is 0.0603. The van der Waals surface area contributed by atoms with Crippen molar-refractivity contribution >= 4 is 34.3 Å². The summed E-state index contributed by atoms with van der Waals surface area (Å²) in [6, 6.07) is 15.6. The van der Waals surface area contributed by atoms with Crippen LogP contribution in [0.15, 0.2) is 58.2 Å². The zero-order valence-corrected chi connectivity index (χ0v) is 16.7. The molecule has 5 rings (SSSR count). The smallest absolute Gasteiger partial charge is 0.342 e. The molecule has 0 spiro atoms. The van der Waals surface area contributed by atoms with Crippen LogP contribution in [0.1, 0.15) is 29.8 Å². The first-order chi connectivity index (χ1) is 13.4. The Morgan fingerprint density at radius 3 is 2.54 bits per heavy atom. The van der Waals surface area contributed by atoms with E-state index in [-0.39, 0.29) is 10.9 Å². The van der Waals surface area contributed by atoms with Crippen LogP contribution in [0.25, 0.3) is 10.8 Å². The third-order valence-electron chi connectivity index (χ3n) is 5.74. The minimum atomic E-state index is -0.489. The Morgan fingerprint density at radius 2 is 1.79 bits per heavy atom. The van der Waals surface area contributed by atoms with E-state index in [1.807, 2.05) is 30.3 Å². The lowest BCUT2D eigenvalue weighted by atomic mass is 10.0. The van der Waals surface area contributed by atoms with Gasteiger partial charge in [0.1, 0.15) is 16.8 Å². The van der Waals surface area contributed by atoms with Crippen LogP contribution >= 0.6 is 11.8 Å². The van der Waals surface area contributed by atoms with Crippen molar-refractivity contribution in [1.82, 2.24) is 4.57 Å². The second-order valence-corrected chi connectivity index (χ2v) is 8.86. The van der Waals surface area contributed by atoms with Crippen LogP contribution in [0, 0.1) is 0 Å². The lowest BCUT2D eigenvalue weighted by Gasteiger charge is -2.37. The van der Waals surface area contributed by atoms with E-state index in [9.17, 15) is 9.59 Å². The molecule has 1 atom stereocenters. The van der Waals surface area contributed by atoms with E-state index in [2.05, 4.69) is 30.9 Å². The van der Waals surface area contributed by atoms with Crippen LogP contribution in [0.4, 0.5) is 5.82 Å². The Kier molecular flexibility index (Phi) is 3.65. The summed E-state index contributed by atoms with van der Waals surface area (Å²) in [5.74, 6) is 0.243. The van der Waals surface area contributed by atoms with Gasteiger partial charge in [-0.3, -0.25) is 9.36 Å². The highest BCUT2D eigenvalue weighted by molar-refractivity contribution is 8.00. The summed E-state index contributed by atoms with van der Waals surface area (Å²) in [5, 5.41) is 1.20. The van der Waals surface area contributed by atoms with Crippen molar-refractivity contribution in [1.29, 1.82) is 0 Å². The van der Waals surface area contributed by atoms with Crippen LogP contribution in [-0.4, -0.2) is 23.0 Å². The summed E-state index contributed by atoms with van der Waals surface area (Å²) in [6.45, 7) is 4.79. The predicted octanol–water partition coefficient (Wildman–Crippen LogP) is 3.98. The Morgan fingerprint density at radius 1 is 1.11 bits per heavy atom. The number of benzene rings is 2. The minimum absolute atomic E-state index is 0.00955. The first-order valence-corrected chi connectivity index (χ1v) is 10.1. The molecule has 0 amide bonds. The highest BCUT2D eigenvalue weighted by atomic mass is 32.2. The van der Waals surface area contributed by atoms with Crippen molar-refractivity contribution in [3.63, 3.8) is 0 Å². The average Bonchev–Trinajstić information content (AvgIpc) is 2.93. The molecule has 3 aromatic rings. The largest absolute Gasteiger partial charge is 0.465 e. The van der Waals surface area contributed by atoms with Crippen LogP contribution < -0.4 is 10.5 Å². The molecule has 1 aromatic heterocycles. The van der Waals surface area contributed by atoms with E-state index in [4.69, 9.17) is 4.74 Å². The SMILES string of the molecule is COC(=O)c1c2n(c(=O)c3ccccc13)C(C)(C)C1Sc3ccccc3CN21. The number of carbonyl (C=O) groups is 1. The maximum absolute atomic E-state index is 13.5. The molecule has 1 unspecified atom stereocenters. The van der Waals surface area contributed by atoms with Crippen molar-refractivity contribution < 1.29 is 9.53 Å². The standard InChI is InChI=1S/C22H20N2O3S/c1-22(2)21-23(12-13-8-4-7-11-16(13)28-21)18-17(20(26)27-3)14-9-5-6-10-15(14)19(25)24(18)22/h4-11,21H,12H2,1-3H3. The van der Waals surface area contributed by atoms with E-state index in [1.165, 1.54) is 17.6 Å². The van der Waals surface area contributed by atoms with Crippen molar-refractivity contribution in [2.45, 2.75) is 36.2 Å². The quantitative estimate of drug-likeness (QED) is 0.587. The molecule has 6 heteroatoms. The number of hydrogen-bond donors (Lipinski definition) is 0. The van der Waals surface area contributed by atoms with Gasteiger partial charge in [-0.15, -0.1) is 0 Å². The molecule has 5 nitrogen and oxygen atoms in total. The van der Waals surface area contributed by atoms with Crippen molar-refractivity contribution in [2.75, 3.05) is 12.0 Å². The molecule has 3 heterocycles. The van der Waals surface area contributed by atoms with Crippen molar-refractivity contribution in [3.05, 3.63) is 70.0 Å². The molecule has 0 bridgehead atoms. The maximum atomic E-state index is 13.5. The molecule has 0 N–H and O–H groups in total. The molecular weight excluding hydrogens is 372 g/mol. The highest BCUT2D eigenvalue weighted by Crippen LogP contribution is 2.51. The molecule has 2 aliphatic rings. The minimum Gasteiger partial charge on any atom is -0.465 e. The first-order valence-electron chi connectivity index (χ1n) is 9.23. The predicted molar refractivity (Wildman–Crippen MR) is 111 cm³/mol. The third-order valence-corrected chi connectivity index (χ3v) is 7.45. The highest BCUT2D eigenvalue weighted by Gasteiger charge is 2.50. The second kappa shape index (κ2) is 5.88. The average molecular weight is 392 g/mol.